The molecular weight excluding hydrogens is 754 g/mol. The van der Waals surface area contributed by atoms with Gasteiger partial charge in [0, 0.05) is 47.1 Å². The van der Waals surface area contributed by atoms with Crippen molar-refractivity contribution < 1.29 is 31.1 Å². The van der Waals surface area contributed by atoms with E-state index in [1.807, 2.05) is 12.1 Å². The molecule has 0 aliphatic carbocycles. The van der Waals surface area contributed by atoms with E-state index < -0.39 is 0 Å². The predicted octanol–water partition coefficient (Wildman–Crippen LogP) is 12.2. The van der Waals surface area contributed by atoms with Gasteiger partial charge in [-0.3, -0.25) is 9.59 Å². The number of halogens is 1. The number of nitrogens with one attached hydrogen (secondary N) is 2. The van der Waals surface area contributed by atoms with E-state index in [9.17, 15) is 9.59 Å². The average molecular weight is 837 g/mol. The van der Waals surface area contributed by atoms with Gasteiger partial charge in [-0.05, 0) is 43.2 Å². The number of carbonyl (C=O) groups excluding carboxylic acids is 2. The summed E-state index contributed by atoms with van der Waals surface area (Å²) in [7, 11) is 2.06. The molecule has 0 atom stereocenters. The van der Waals surface area contributed by atoms with E-state index in [1.54, 1.807) is 0 Å². The van der Waals surface area contributed by atoms with Gasteiger partial charge in [-0.1, -0.05) is 194 Å². The first kappa shape index (κ1) is 49.7. The molecule has 0 bridgehead atoms. The van der Waals surface area contributed by atoms with Crippen LogP contribution in [0.15, 0.2) is 42.5 Å². The number of rotatable bonds is 34. The number of aromatic nitrogens is 1. The Morgan fingerprint density at radius 3 is 0.964 bits per heavy atom. The number of anilines is 2. The predicted molar refractivity (Wildman–Crippen MR) is 239 cm³/mol. The highest BCUT2D eigenvalue weighted by Crippen LogP contribution is 2.24. The van der Waals surface area contributed by atoms with Gasteiger partial charge in [0.05, 0.1) is 0 Å². The van der Waals surface area contributed by atoms with Crippen LogP contribution in [0.4, 0.5) is 11.4 Å². The molecule has 0 fully saturated rings. The van der Waals surface area contributed by atoms with Gasteiger partial charge in [0.1, 0.15) is 7.05 Å². The van der Waals surface area contributed by atoms with Crippen LogP contribution < -0.4 is 32.2 Å². The van der Waals surface area contributed by atoms with Crippen molar-refractivity contribution in [1.82, 2.24) is 0 Å². The normalized spacial score (nSPS) is 11.3. The summed E-state index contributed by atoms with van der Waals surface area (Å²) >= 11 is 0. The SMILES string of the molecule is CCCCCCCCCCCCCCCCCC(=O)Nc1ccc2cc3ccc(NC(=O)CCCCCCCCCCCCCCCCC)cc3[n+](C)c2c1.[Br-]. The second-order valence-electron chi connectivity index (χ2n) is 16.7. The van der Waals surface area contributed by atoms with E-state index in [0.717, 1.165) is 58.9 Å². The van der Waals surface area contributed by atoms with Crippen LogP contribution in [-0.2, 0) is 16.6 Å². The summed E-state index contributed by atoms with van der Waals surface area (Å²) in [5.74, 6) is 0.188. The Balaban J connectivity index is 0.0000108. The van der Waals surface area contributed by atoms with Crippen LogP contribution in [-0.4, -0.2) is 11.8 Å². The lowest BCUT2D eigenvalue weighted by Gasteiger charge is -2.09. The van der Waals surface area contributed by atoms with Gasteiger partial charge >= 0.3 is 0 Å². The number of carbonyl (C=O) groups is 2. The Bertz CT molecular complexity index is 1370. The Kier molecular flexibility index (Phi) is 28.8. The molecule has 3 rings (SSSR count). The molecule has 316 valence electrons. The minimum atomic E-state index is 0. The second-order valence-corrected chi connectivity index (χ2v) is 16.7. The van der Waals surface area contributed by atoms with E-state index in [0.29, 0.717) is 12.8 Å². The minimum Gasteiger partial charge on any atom is -1.00 e. The number of pyridine rings is 1. The molecule has 0 aliphatic rings. The maximum absolute atomic E-state index is 12.8. The van der Waals surface area contributed by atoms with Crippen LogP contribution in [0, 0.1) is 0 Å². The molecule has 2 aromatic carbocycles. The maximum atomic E-state index is 12.8. The lowest BCUT2D eigenvalue weighted by Crippen LogP contribution is -3.00. The average Bonchev–Trinajstić information content (AvgIpc) is 3.18. The van der Waals surface area contributed by atoms with Crippen molar-refractivity contribution in [1.29, 1.82) is 0 Å². The summed E-state index contributed by atoms with van der Waals surface area (Å²) in [5.41, 5.74) is 3.78. The highest BCUT2D eigenvalue weighted by Gasteiger charge is 2.15. The topological polar surface area (TPSA) is 62.1 Å². The van der Waals surface area contributed by atoms with Crippen LogP contribution in [0.1, 0.15) is 219 Å². The molecule has 1 heterocycles. The maximum Gasteiger partial charge on any atom is 0.224 e. The molecule has 0 saturated heterocycles. The number of hydrogen-bond acceptors (Lipinski definition) is 2. The van der Waals surface area contributed by atoms with Gasteiger partial charge in [-0.2, -0.15) is 4.57 Å². The molecule has 0 saturated carbocycles. The second kappa shape index (κ2) is 32.5. The van der Waals surface area contributed by atoms with Crippen molar-refractivity contribution in [3.8, 4) is 0 Å². The van der Waals surface area contributed by atoms with Crippen LogP contribution in [0.5, 0.6) is 0 Å². The molecule has 0 spiro atoms. The van der Waals surface area contributed by atoms with Crippen LogP contribution >= 0.6 is 0 Å². The van der Waals surface area contributed by atoms with Crippen LogP contribution in [0.2, 0.25) is 0 Å². The first-order valence-corrected chi connectivity index (χ1v) is 23.5. The summed E-state index contributed by atoms with van der Waals surface area (Å²) in [5, 5.41) is 8.53. The van der Waals surface area contributed by atoms with Crippen molar-refractivity contribution in [2.75, 3.05) is 10.6 Å². The summed E-state index contributed by atoms with van der Waals surface area (Å²) in [6.07, 6.45) is 40.9. The van der Waals surface area contributed by atoms with E-state index in [1.165, 1.54) is 167 Å². The third-order valence-electron chi connectivity index (χ3n) is 11.7. The number of nitrogens with zero attached hydrogens (tertiary/aromatic N) is 1. The molecule has 6 heteroatoms. The number of benzene rings is 2. The molecule has 2 amide bonds. The molecule has 0 unspecified atom stereocenters. The largest absolute Gasteiger partial charge is 1.00 e. The number of aryl methyl sites for hydroxylation is 1. The molecule has 0 aliphatic heterocycles. The Morgan fingerprint density at radius 2 is 0.679 bits per heavy atom. The molecule has 5 nitrogen and oxygen atoms in total. The van der Waals surface area contributed by atoms with Gasteiger partial charge in [-0.25, -0.2) is 0 Å². The fourth-order valence-electron chi connectivity index (χ4n) is 8.13. The zero-order chi connectivity index (χ0) is 39.2. The number of fused-ring (bicyclic) bond motifs is 2. The summed E-state index contributed by atoms with van der Waals surface area (Å²) in [6.45, 7) is 4.57. The van der Waals surface area contributed by atoms with Crippen molar-refractivity contribution in [2.24, 2.45) is 7.05 Å². The molecule has 2 N–H and O–H groups in total. The molecule has 56 heavy (non-hydrogen) atoms. The quantitative estimate of drug-likeness (QED) is 0.0358. The fraction of sp³-hybridized carbons (Fsp3) is 0.700. The standard InChI is InChI=1S/C50H81N3O2.BrH/c1-4-6-8-10-12-14-16-18-20-22-24-26-28-30-32-34-49(54)51-45-38-36-43-40-44-37-39-46(42-48(44)53(3)47(43)41-45)52-50(55)35-33-31-29-27-25-23-21-19-17-15-13-11-9-7-5-2;/h36-42H,4-35H2,1-3H3,(H,51,52,54,55);1H. The van der Waals surface area contributed by atoms with E-state index in [2.05, 4.69) is 66.4 Å². The first-order chi connectivity index (χ1) is 27.0. The van der Waals surface area contributed by atoms with E-state index in [-0.39, 0.29) is 28.8 Å². The fourth-order valence-corrected chi connectivity index (χ4v) is 8.13. The van der Waals surface area contributed by atoms with Crippen molar-refractivity contribution >= 4 is 45.0 Å². The van der Waals surface area contributed by atoms with Gasteiger partial charge in [0.15, 0.2) is 0 Å². The number of unbranched alkanes of at least 4 members (excludes halogenated alkanes) is 28. The van der Waals surface area contributed by atoms with Crippen molar-refractivity contribution in [3.05, 3.63) is 42.5 Å². The lowest BCUT2D eigenvalue weighted by molar-refractivity contribution is -0.617. The van der Waals surface area contributed by atoms with Gasteiger partial charge in [0.2, 0.25) is 22.8 Å². The minimum absolute atomic E-state index is 0. The lowest BCUT2D eigenvalue weighted by atomic mass is 10.0. The zero-order valence-electron chi connectivity index (χ0n) is 36.3. The van der Waals surface area contributed by atoms with E-state index >= 15 is 0 Å². The third kappa shape index (κ3) is 21.9. The number of amides is 2. The molecule has 1 aromatic heterocycles. The molecule has 3 aromatic rings. The molecular formula is C50H82BrN3O2. The van der Waals surface area contributed by atoms with Gasteiger partial charge < -0.3 is 27.6 Å². The van der Waals surface area contributed by atoms with Gasteiger partial charge in [0.25, 0.3) is 0 Å². The van der Waals surface area contributed by atoms with E-state index in [4.69, 9.17) is 0 Å². The Morgan fingerprint density at radius 1 is 0.411 bits per heavy atom. The third-order valence-corrected chi connectivity index (χ3v) is 11.7. The zero-order valence-corrected chi connectivity index (χ0v) is 37.9. The van der Waals surface area contributed by atoms with Crippen molar-refractivity contribution in [3.63, 3.8) is 0 Å². The highest BCUT2D eigenvalue weighted by molar-refractivity contribution is 5.97. The Hall–Kier alpha value is -2.47. The first-order valence-electron chi connectivity index (χ1n) is 23.5. The van der Waals surface area contributed by atoms with Gasteiger partial charge in [-0.15, -0.1) is 0 Å². The highest BCUT2D eigenvalue weighted by atomic mass is 79.9. The summed E-state index contributed by atoms with van der Waals surface area (Å²) in [4.78, 5) is 25.6. The smallest absolute Gasteiger partial charge is 0.224 e. The van der Waals surface area contributed by atoms with Crippen molar-refractivity contribution in [2.45, 2.75) is 219 Å². The Labute approximate surface area is 354 Å². The summed E-state index contributed by atoms with van der Waals surface area (Å²) < 4.78 is 2.17. The number of hydrogen-bond donors (Lipinski definition) is 2. The van der Waals surface area contributed by atoms with Crippen LogP contribution in [0.25, 0.3) is 21.8 Å². The van der Waals surface area contributed by atoms with Crippen LogP contribution in [0.3, 0.4) is 0 Å². The monoisotopic (exact) mass is 836 g/mol. The summed E-state index contributed by atoms with van der Waals surface area (Å²) in [6, 6.07) is 14.5. The molecule has 0 radical (unpaired) electrons.